The number of benzene rings is 1. The van der Waals surface area contributed by atoms with E-state index in [0.29, 0.717) is 25.1 Å². The van der Waals surface area contributed by atoms with Gasteiger partial charge in [0.15, 0.2) is 0 Å². The van der Waals surface area contributed by atoms with Crippen LogP contribution in [0.25, 0.3) is 0 Å². The molecule has 1 atom stereocenters. The van der Waals surface area contributed by atoms with Crippen molar-refractivity contribution in [2.75, 3.05) is 6.54 Å². The highest BCUT2D eigenvalue weighted by molar-refractivity contribution is 5.81. The summed E-state index contributed by atoms with van der Waals surface area (Å²) < 4.78 is 5.31. The number of ether oxygens (including phenoxy) is 1. The predicted molar refractivity (Wildman–Crippen MR) is 69.3 cm³/mol. The summed E-state index contributed by atoms with van der Waals surface area (Å²) in [4.78, 5) is 24.4. The fourth-order valence-electron chi connectivity index (χ4n) is 2.21. The van der Waals surface area contributed by atoms with Gasteiger partial charge in [-0.25, -0.2) is 9.59 Å². The van der Waals surface area contributed by atoms with Crippen molar-refractivity contribution in [3.05, 3.63) is 29.3 Å². The van der Waals surface area contributed by atoms with Gasteiger partial charge in [-0.2, -0.15) is 0 Å². The molecule has 1 aromatic carbocycles. The molecule has 0 aromatic heterocycles. The standard InChI is InChI=1S/C14H17NO4/c1-9-5-6-10(2)12(8-9)19-14(18)15-7-3-4-11(15)13(16)17/h5-6,8,11H,3-4,7H2,1-2H3,(H,16,17). The van der Waals surface area contributed by atoms with E-state index in [2.05, 4.69) is 0 Å². The zero-order chi connectivity index (χ0) is 14.0. The highest BCUT2D eigenvalue weighted by Gasteiger charge is 2.35. The van der Waals surface area contributed by atoms with Gasteiger partial charge in [-0.3, -0.25) is 4.90 Å². The van der Waals surface area contributed by atoms with Crippen LogP contribution in [0.1, 0.15) is 24.0 Å². The van der Waals surface area contributed by atoms with Crippen molar-refractivity contribution in [2.45, 2.75) is 32.7 Å². The minimum Gasteiger partial charge on any atom is -0.480 e. The van der Waals surface area contributed by atoms with Gasteiger partial charge in [0, 0.05) is 6.54 Å². The minimum atomic E-state index is -0.976. The summed E-state index contributed by atoms with van der Waals surface area (Å²) in [5, 5.41) is 9.05. The number of carboxylic acids is 1. The van der Waals surface area contributed by atoms with E-state index in [1.165, 1.54) is 4.90 Å². The van der Waals surface area contributed by atoms with E-state index in [1.54, 1.807) is 6.07 Å². The van der Waals surface area contributed by atoms with Crippen LogP contribution in [0.3, 0.4) is 0 Å². The lowest BCUT2D eigenvalue weighted by Crippen LogP contribution is -2.42. The molecule has 1 amide bonds. The SMILES string of the molecule is Cc1ccc(C)c(OC(=O)N2CCCC2C(=O)O)c1. The average Bonchev–Trinajstić information content (AvgIpc) is 2.83. The second-order valence-corrected chi connectivity index (χ2v) is 4.83. The number of hydrogen-bond acceptors (Lipinski definition) is 3. The van der Waals surface area contributed by atoms with Gasteiger partial charge in [0.2, 0.25) is 0 Å². The van der Waals surface area contributed by atoms with Crippen LogP contribution in [0.2, 0.25) is 0 Å². The van der Waals surface area contributed by atoms with Crippen LogP contribution in [-0.4, -0.2) is 34.7 Å². The Labute approximate surface area is 111 Å². The first kappa shape index (κ1) is 13.4. The number of aliphatic carboxylic acids is 1. The maximum absolute atomic E-state index is 12.0. The molecule has 1 aliphatic heterocycles. The van der Waals surface area contributed by atoms with Crippen LogP contribution in [-0.2, 0) is 4.79 Å². The van der Waals surface area contributed by atoms with Crippen LogP contribution in [0.5, 0.6) is 5.75 Å². The molecule has 0 spiro atoms. The Hall–Kier alpha value is -2.04. The monoisotopic (exact) mass is 263 g/mol. The summed E-state index contributed by atoms with van der Waals surface area (Å²) >= 11 is 0. The second-order valence-electron chi connectivity index (χ2n) is 4.83. The minimum absolute atomic E-state index is 0.431. The van der Waals surface area contributed by atoms with E-state index in [0.717, 1.165) is 11.1 Å². The lowest BCUT2D eigenvalue weighted by molar-refractivity contribution is -0.141. The molecule has 1 saturated heterocycles. The molecule has 0 aliphatic carbocycles. The molecule has 102 valence electrons. The van der Waals surface area contributed by atoms with Crippen molar-refractivity contribution in [3.8, 4) is 5.75 Å². The smallest absolute Gasteiger partial charge is 0.415 e. The Morgan fingerprint density at radius 1 is 1.37 bits per heavy atom. The van der Waals surface area contributed by atoms with Crippen molar-refractivity contribution < 1.29 is 19.4 Å². The Kier molecular flexibility index (Phi) is 3.74. The summed E-state index contributed by atoms with van der Waals surface area (Å²) in [5.74, 6) is -0.489. The van der Waals surface area contributed by atoms with Crippen LogP contribution in [0.15, 0.2) is 18.2 Å². The van der Waals surface area contributed by atoms with E-state index in [1.807, 2.05) is 26.0 Å². The van der Waals surface area contributed by atoms with Crippen LogP contribution in [0, 0.1) is 13.8 Å². The lowest BCUT2D eigenvalue weighted by Gasteiger charge is -2.21. The van der Waals surface area contributed by atoms with Crippen LogP contribution < -0.4 is 4.74 Å². The molecule has 0 bridgehead atoms. The van der Waals surface area contributed by atoms with Gasteiger partial charge in [-0.15, -0.1) is 0 Å². The molecule has 1 fully saturated rings. The Morgan fingerprint density at radius 2 is 2.11 bits per heavy atom. The van der Waals surface area contributed by atoms with Crippen molar-refractivity contribution in [3.63, 3.8) is 0 Å². The highest BCUT2D eigenvalue weighted by Crippen LogP contribution is 2.23. The zero-order valence-corrected chi connectivity index (χ0v) is 11.0. The van der Waals surface area contributed by atoms with Gasteiger partial charge in [0.25, 0.3) is 0 Å². The van der Waals surface area contributed by atoms with Crippen LogP contribution in [0.4, 0.5) is 4.79 Å². The maximum atomic E-state index is 12.0. The molecule has 1 heterocycles. The predicted octanol–water partition coefficient (Wildman–Crippen LogP) is 2.35. The van der Waals surface area contributed by atoms with Gasteiger partial charge >= 0.3 is 12.1 Å². The number of carbonyl (C=O) groups is 2. The molecular formula is C14H17NO4. The Morgan fingerprint density at radius 3 is 2.79 bits per heavy atom. The molecule has 19 heavy (non-hydrogen) atoms. The number of nitrogens with zero attached hydrogens (tertiary/aromatic N) is 1. The lowest BCUT2D eigenvalue weighted by atomic mass is 10.1. The third-order valence-corrected chi connectivity index (χ3v) is 3.31. The number of rotatable bonds is 2. The average molecular weight is 263 g/mol. The van der Waals surface area contributed by atoms with Gasteiger partial charge in [0.05, 0.1) is 0 Å². The normalized spacial score (nSPS) is 18.4. The summed E-state index contributed by atoms with van der Waals surface area (Å²) in [6.07, 6.45) is 0.592. The fraction of sp³-hybridized carbons (Fsp3) is 0.429. The summed E-state index contributed by atoms with van der Waals surface area (Å²) in [6.45, 7) is 4.19. The van der Waals surface area contributed by atoms with Crippen molar-refractivity contribution >= 4 is 12.1 Å². The molecule has 0 saturated carbocycles. The molecular weight excluding hydrogens is 246 g/mol. The number of carbonyl (C=O) groups excluding carboxylic acids is 1. The fourth-order valence-corrected chi connectivity index (χ4v) is 2.21. The molecule has 5 heteroatoms. The molecule has 2 rings (SSSR count). The molecule has 1 N–H and O–H groups in total. The first-order valence-corrected chi connectivity index (χ1v) is 6.27. The van der Waals surface area contributed by atoms with Gasteiger partial charge < -0.3 is 9.84 Å². The van der Waals surface area contributed by atoms with E-state index in [9.17, 15) is 9.59 Å². The summed E-state index contributed by atoms with van der Waals surface area (Å²) in [5.41, 5.74) is 1.84. The number of likely N-dealkylation sites (tertiary alicyclic amines) is 1. The highest BCUT2D eigenvalue weighted by atomic mass is 16.6. The van der Waals surface area contributed by atoms with Crippen molar-refractivity contribution in [2.24, 2.45) is 0 Å². The van der Waals surface area contributed by atoms with Crippen molar-refractivity contribution in [1.82, 2.24) is 4.90 Å². The topological polar surface area (TPSA) is 66.8 Å². The molecule has 1 aromatic rings. The molecule has 0 radical (unpaired) electrons. The third kappa shape index (κ3) is 2.86. The van der Waals surface area contributed by atoms with Crippen molar-refractivity contribution in [1.29, 1.82) is 0 Å². The number of amides is 1. The first-order chi connectivity index (χ1) is 8.99. The molecule has 5 nitrogen and oxygen atoms in total. The largest absolute Gasteiger partial charge is 0.480 e. The number of hydrogen-bond donors (Lipinski definition) is 1. The summed E-state index contributed by atoms with van der Waals surface area (Å²) in [6, 6.07) is 4.82. The van der Waals surface area contributed by atoms with Gasteiger partial charge in [0.1, 0.15) is 11.8 Å². The van der Waals surface area contributed by atoms with E-state index >= 15 is 0 Å². The first-order valence-electron chi connectivity index (χ1n) is 6.27. The second kappa shape index (κ2) is 5.30. The zero-order valence-electron chi connectivity index (χ0n) is 11.0. The van der Waals surface area contributed by atoms with Gasteiger partial charge in [-0.05, 0) is 43.9 Å². The Balaban J connectivity index is 2.12. The van der Waals surface area contributed by atoms with E-state index < -0.39 is 18.1 Å². The maximum Gasteiger partial charge on any atom is 0.415 e. The molecule has 1 aliphatic rings. The quantitative estimate of drug-likeness (QED) is 0.889. The van der Waals surface area contributed by atoms with E-state index in [4.69, 9.17) is 9.84 Å². The van der Waals surface area contributed by atoms with Crippen LogP contribution >= 0.6 is 0 Å². The van der Waals surface area contributed by atoms with E-state index in [-0.39, 0.29) is 0 Å². The molecule has 1 unspecified atom stereocenters. The number of aryl methyl sites for hydroxylation is 2. The Bertz CT molecular complexity index is 512. The third-order valence-electron chi connectivity index (χ3n) is 3.31. The summed E-state index contributed by atoms with van der Waals surface area (Å²) in [7, 11) is 0. The number of carboxylic acid groups (broad SMARTS) is 1. The van der Waals surface area contributed by atoms with Gasteiger partial charge in [-0.1, -0.05) is 12.1 Å².